The summed E-state index contributed by atoms with van der Waals surface area (Å²) in [5.74, 6) is 0.164. The summed E-state index contributed by atoms with van der Waals surface area (Å²) in [5.41, 5.74) is 1.75. The fourth-order valence-corrected chi connectivity index (χ4v) is 9.90. The SMILES string of the molecule is C=C1[C@H](O)[C@H](O)C[C@]2(C)[C@H]3CC=C4[C@@H]5CC(C)(C)CC[C@]5(C(=O)O)CC[C@@]4(C)[C@]3(C)CC[C@@H]12. The highest BCUT2D eigenvalue weighted by atomic mass is 16.4. The molecule has 0 spiro atoms. The van der Waals surface area contributed by atoms with E-state index in [1.807, 2.05) is 0 Å². The van der Waals surface area contributed by atoms with Gasteiger partial charge in [-0.05, 0) is 103 Å². The van der Waals surface area contributed by atoms with Crippen LogP contribution in [0.2, 0.25) is 0 Å². The number of hydrogen-bond donors (Lipinski definition) is 3. The van der Waals surface area contributed by atoms with E-state index in [0.717, 1.165) is 56.9 Å². The van der Waals surface area contributed by atoms with Crippen molar-refractivity contribution in [2.45, 2.75) is 105 Å². The number of rotatable bonds is 1. The molecule has 5 aliphatic carbocycles. The molecule has 5 rings (SSSR count). The average Bonchev–Trinajstić information content (AvgIpc) is 2.72. The van der Waals surface area contributed by atoms with E-state index in [1.54, 1.807) is 0 Å². The fourth-order valence-electron chi connectivity index (χ4n) is 9.90. The number of aliphatic carboxylic acids is 1. The Morgan fingerprint density at radius 1 is 0.970 bits per heavy atom. The molecule has 0 heterocycles. The van der Waals surface area contributed by atoms with Crippen LogP contribution in [0.25, 0.3) is 0 Å². The second kappa shape index (κ2) is 6.97. The first-order valence-electron chi connectivity index (χ1n) is 13.2. The topological polar surface area (TPSA) is 77.8 Å². The summed E-state index contributed by atoms with van der Waals surface area (Å²) < 4.78 is 0. The van der Waals surface area contributed by atoms with E-state index >= 15 is 0 Å². The minimum Gasteiger partial charge on any atom is -0.481 e. The minimum absolute atomic E-state index is 0.0245. The second-order valence-electron chi connectivity index (χ2n) is 14.0. The van der Waals surface area contributed by atoms with Crippen molar-refractivity contribution in [2.75, 3.05) is 0 Å². The predicted octanol–water partition coefficient (Wildman–Crippen LogP) is 5.73. The lowest BCUT2D eigenvalue weighted by Crippen LogP contribution is -2.64. The van der Waals surface area contributed by atoms with Gasteiger partial charge in [0.25, 0.3) is 0 Å². The number of hydrogen-bond acceptors (Lipinski definition) is 3. The van der Waals surface area contributed by atoms with E-state index in [-0.39, 0.29) is 33.5 Å². The Balaban J connectivity index is 1.60. The Labute approximate surface area is 199 Å². The molecular weight excluding hydrogens is 412 g/mol. The number of carboxylic acid groups (broad SMARTS) is 1. The lowest BCUT2D eigenvalue weighted by atomic mass is 9.34. The third-order valence-corrected chi connectivity index (χ3v) is 12.2. The van der Waals surface area contributed by atoms with Gasteiger partial charge in [-0.1, -0.05) is 52.8 Å². The molecule has 4 saturated carbocycles. The first-order chi connectivity index (χ1) is 15.2. The lowest BCUT2D eigenvalue weighted by molar-refractivity contribution is -0.180. The van der Waals surface area contributed by atoms with E-state index in [9.17, 15) is 20.1 Å². The van der Waals surface area contributed by atoms with Gasteiger partial charge in [-0.2, -0.15) is 0 Å². The molecule has 0 aromatic carbocycles. The van der Waals surface area contributed by atoms with E-state index in [0.29, 0.717) is 12.3 Å². The van der Waals surface area contributed by atoms with E-state index in [2.05, 4.69) is 47.3 Å². The van der Waals surface area contributed by atoms with Crippen LogP contribution in [0.1, 0.15) is 92.4 Å². The minimum atomic E-state index is -0.812. The van der Waals surface area contributed by atoms with Crippen molar-refractivity contribution in [3.63, 3.8) is 0 Å². The average molecular weight is 457 g/mol. The third kappa shape index (κ3) is 2.86. The molecule has 9 atom stereocenters. The number of carboxylic acids is 1. The Bertz CT molecular complexity index is 919. The van der Waals surface area contributed by atoms with Gasteiger partial charge in [-0.25, -0.2) is 0 Å². The number of aliphatic hydroxyl groups is 2. The molecule has 0 bridgehead atoms. The Hall–Kier alpha value is -1.13. The standard InChI is InChI=1S/C29H44O4/c1-17-18-9-10-28(6)22(26(18,4)16-21(30)23(17)31)8-7-19-20-15-25(2,3)11-13-29(20,24(32)33)14-12-27(19,28)5/h7,18,20-23,30-31H,1,8-16H2,2-6H3,(H,32,33)/t18-,20-,21+,22+,23-,26-,27+,28+,29-/m0/s1. The molecule has 3 N–H and O–H groups in total. The predicted molar refractivity (Wildman–Crippen MR) is 129 cm³/mol. The van der Waals surface area contributed by atoms with Gasteiger partial charge >= 0.3 is 5.97 Å². The lowest BCUT2D eigenvalue weighted by Gasteiger charge is -2.69. The Kier molecular flexibility index (Phi) is 4.98. The molecule has 33 heavy (non-hydrogen) atoms. The summed E-state index contributed by atoms with van der Waals surface area (Å²) in [6.07, 6.45) is 8.96. The molecule has 184 valence electrons. The summed E-state index contributed by atoms with van der Waals surface area (Å²) in [6.45, 7) is 16.1. The van der Waals surface area contributed by atoms with E-state index < -0.39 is 23.6 Å². The summed E-state index contributed by atoms with van der Waals surface area (Å²) in [5, 5.41) is 31.7. The molecule has 0 radical (unpaired) electrons. The quantitative estimate of drug-likeness (QED) is 0.440. The van der Waals surface area contributed by atoms with Crippen molar-refractivity contribution in [2.24, 2.45) is 44.8 Å². The summed E-state index contributed by atoms with van der Waals surface area (Å²) in [7, 11) is 0. The Morgan fingerprint density at radius 2 is 1.64 bits per heavy atom. The first kappa shape index (κ1) is 23.6. The number of carbonyl (C=O) groups is 1. The molecule has 0 aromatic heterocycles. The highest BCUT2D eigenvalue weighted by Gasteiger charge is 2.68. The molecule has 4 fully saturated rings. The van der Waals surface area contributed by atoms with Crippen molar-refractivity contribution >= 4 is 5.97 Å². The van der Waals surface area contributed by atoms with Gasteiger partial charge in [0.05, 0.1) is 11.5 Å². The molecule has 0 saturated heterocycles. The maximum Gasteiger partial charge on any atom is 0.310 e. The number of aliphatic hydroxyl groups excluding tert-OH is 2. The van der Waals surface area contributed by atoms with Crippen LogP contribution in [0.3, 0.4) is 0 Å². The second-order valence-corrected chi connectivity index (χ2v) is 14.0. The van der Waals surface area contributed by atoms with Gasteiger partial charge in [0.1, 0.15) is 6.10 Å². The van der Waals surface area contributed by atoms with Crippen LogP contribution in [-0.2, 0) is 4.79 Å². The van der Waals surface area contributed by atoms with Crippen LogP contribution >= 0.6 is 0 Å². The van der Waals surface area contributed by atoms with Crippen molar-refractivity contribution in [3.05, 3.63) is 23.8 Å². The molecular formula is C29H44O4. The molecule has 0 unspecified atom stereocenters. The molecule has 4 heteroatoms. The Morgan fingerprint density at radius 3 is 2.30 bits per heavy atom. The third-order valence-electron chi connectivity index (χ3n) is 12.2. The molecule has 4 nitrogen and oxygen atoms in total. The van der Waals surface area contributed by atoms with Crippen LogP contribution in [0.5, 0.6) is 0 Å². The van der Waals surface area contributed by atoms with Crippen molar-refractivity contribution in [1.82, 2.24) is 0 Å². The largest absolute Gasteiger partial charge is 0.481 e. The molecule has 0 aliphatic heterocycles. The summed E-state index contributed by atoms with van der Waals surface area (Å²) in [6, 6.07) is 0. The van der Waals surface area contributed by atoms with Crippen LogP contribution < -0.4 is 0 Å². The zero-order valence-corrected chi connectivity index (χ0v) is 21.3. The summed E-state index contributed by atoms with van der Waals surface area (Å²) in [4.78, 5) is 12.7. The number of fused-ring (bicyclic) bond motifs is 7. The van der Waals surface area contributed by atoms with Gasteiger partial charge in [0.2, 0.25) is 0 Å². The maximum atomic E-state index is 12.7. The summed E-state index contributed by atoms with van der Waals surface area (Å²) >= 11 is 0. The normalized spacial score (nSPS) is 53.1. The van der Waals surface area contributed by atoms with Crippen LogP contribution in [0.4, 0.5) is 0 Å². The maximum absolute atomic E-state index is 12.7. The monoisotopic (exact) mass is 456 g/mol. The molecule has 0 amide bonds. The van der Waals surface area contributed by atoms with Crippen LogP contribution in [-0.4, -0.2) is 33.5 Å². The molecule has 0 aromatic rings. The van der Waals surface area contributed by atoms with Crippen LogP contribution in [0.15, 0.2) is 23.8 Å². The number of allylic oxidation sites excluding steroid dienone is 2. The van der Waals surface area contributed by atoms with Crippen molar-refractivity contribution in [3.8, 4) is 0 Å². The van der Waals surface area contributed by atoms with E-state index in [4.69, 9.17) is 0 Å². The van der Waals surface area contributed by atoms with Gasteiger partial charge in [-0.15, -0.1) is 0 Å². The molecule has 5 aliphatic rings. The van der Waals surface area contributed by atoms with Gasteiger partial charge in [0, 0.05) is 0 Å². The highest BCUT2D eigenvalue weighted by Crippen LogP contribution is 2.74. The fraction of sp³-hybridized carbons (Fsp3) is 0.828. The first-order valence-corrected chi connectivity index (χ1v) is 13.2. The van der Waals surface area contributed by atoms with Crippen molar-refractivity contribution < 1.29 is 20.1 Å². The smallest absolute Gasteiger partial charge is 0.310 e. The van der Waals surface area contributed by atoms with Gasteiger partial charge in [0.15, 0.2) is 0 Å². The van der Waals surface area contributed by atoms with Crippen molar-refractivity contribution in [1.29, 1.82) is 0 Å². The van der Waals surface area contributed by atoms with Gasteiger partial charge in [-0.3, -0.25) is 4.79 Å². The zero-order valence-electron chi connectivity index (χ0n) is 21.3. The van der Waals surface area contributed by atoms with Gasteiger partial charge < -0.3 is 15.3 Å². The van der Waals surface area contributed by atoms with Crippen LogP contribution in [0, 0.1) is 44.8 Å². The zero-order chi connectivity index (χ0) is 24.2. The van der Waals surface area contributed by atoms with E-state index in [1.165, 1.54) is 5.57 Å². The highest BCUT2D eigenvalue weighted by molar-refractivity contribution is 5.76.